The van der Waals surface area contributed by atoms with Gasteiger partial charge in [0.25, 0.3) is 0 Å². The first kappa shape index (κ1) is 21.5. The van der Waals surface area contributed by atoms with E-state index in [1.807, 2.05) is 49.5 Å². The smallest absolute Gasteiger partial charge is 0.227 e. The highest BCUT2D eigenvalue weighted by Crippen LogP contribution is 2.27. The van der Waals surface area contributed by atoms with Crippen molar-refractivity contribution in [3.63, 3.8) is 0 Å². The molecule has 2 N–H and O–H groups in total. The van der Waals surface area contributed by atoms with Gasteiger partial charge in [-0.3, -0.25) is 19.4 Å². The van der Waals surface area contributed by atoms with Crippen LogP contribution in [0.2, 0.25) is 0 Å². The summed E-state index contributed by atoms with van der Waals surface area (Å²) in [6.45, 7) is 3.86. The summed E-state index contributed by atoms with van der Waals surface area (Å²) >= 11 is 0. The van der Waals surface area contributed by atoms with Gasteiger partial charge >= 0.3 is 0 Å². The van der Waals surface area contributed by atoms with Gasteiger partial charge in [-0.15, -0.1) is 0 Å². The maximum atomic E-state index is 13.2. The van der Waals surface area contributed by atoms with Crippen LogP contribution in [0.5, 0.6) is 0 Å². The molecule has 3 rings (SSSR count). The fourth-order valence-corrected chi connectivity index (χ4v) is 3.89. The number of hydrogen-bond acceptors (Lipinski definition) is 4. The van der Waals surface area contributed by atoms with Crippen LogP contribution < -0.4 is 5.73 Å². The Morgan fingerprint density at radius 3 is 2.63 bits per heavy atom. The molecule has 0 saturated carbocycles. The van der Waals surface area contributed by atoms with Crippen molar-refractivity contribution in [3.8, 4) is 11.1 Å². The second-order valence-electron chi connectivity index (χ2n) is 7.52. The molecule has 7 heteroatoms. The monoisotopic (exact) mass is 408 g/mol. The number of likely N-dealkylation sites (N-methyl/N-ethyl adjacent to an activating group) is 1. The normalized spacial score (nSPS) is 17.0. The van der Waals surface area contributed by atoms with E-state index < -0.39 is 5.91 Å². The zero-order valence-corrected chi connectivity index (χ0v) is 17.3. The fraction of sp³-hybridized carbons (Fsp3) is 0.391. The van der Waals surface area contributed by atoms with Crippen LogP contribution in [0.15, 0.2) is 48.8 Å². The Morgan fingerprint density at radius 2 is 1.93 bits per heavy atom. The van der Waals surface area contributed by atoms with Crippen molar-refractivity contribution in [3.05, 3.63) is 54.4 Å². The molecule has 0 aliphatic carbocycles. The molecule has 1 aliphatic rings. The van der Waals surface area contributed by atoms with Crippen molar-refractivity contribution in [1.29, 1.82) is 0 Å². The number of primary amides is 1. The van der Waals surface area contributed by atoms with Crippen molar-refractivity contribution in [2.45, 2.75) is 26.2 Å². The third-order valence-electron chi connectivity index (χ3n) is 5.52. The van der Waals surface area contributed by atoms with Crippen molar-refractivity contribution >= 4 is 17.7 Å². The molecule has 1 atom stereocenters. The molecule has 7 nitrogen and oxygen atoms in total. The maximum Gasteiger partial charge on any atom is 0.227 e. The van der Waals surface area contributed by atoms with Crippen LogP contribution in [0.3, 0.4) is 0 Å². The average Bonchev–Trinajstić information content (AvgIpc) is 2.92. The quantitative estimate of drug-likeness (QED) is 0.756. The number of nitrogens with zero attached hydrogens (tertiary/aromatic N) is 3. The third-order valence-corrected chi connectivity index (χ3v) is 5.52. The largest absolute Gasteiger partial charge is 0.370 e. The zero-order valence-electron chi connectivity index (χ0n) is 17.3. The summed E-state index contributed by atoms with van der Waals surface area (Å²) in [4.78, 5) is 44.6. The predicted octanol–water partition coefficient (Wildman–Crippen LogP) is 1.86. The number of benzene rings is 1. The molecule has 2 aromatic rings. The zero-order chi connectivity index (χ0) is 21.5. The van der Waals surface area contributed by atoms with Crippen LogP contribution >= 0.6 is 0 Å². The molecular weight excluding hydrogens is 380 g/mol. The number of pyridine rings is 1. The van der Waals surface area contributed by atoms with Gasteiger partial charge in [0.05, 0.1) is 5.92 Å². The summed E-state index contributed by atoms with van der Waals surface area (Å²) in [7, 11) is 0. The molecule has 1 fully saturated rings. The van der Waals surface area contributed by atoms with Crippen LogP contribution in [0.1, 0.15) is 25.3 Å². The molecule has 0 bridgehead atoms. The molecule has 2 heterocycles. The summed E-state index contributed by atoms with van der Waals surface area (Å²) in [5.41, 5.74) is 8.27. The number of nitrogens with two attached hydrogens (primary N) is 1. The Bertz CT molecular complexity index is 900. The third kappa shape index (κ3) is 5.23. The van der Waals surface area contributed by atoms with Crippen LogP contribution in [-0.2, 0) is 20.8 Å². The fourth-order valence-electron chi connectivity index (χ4n) is 3.89. The second-order valence-corrected chi connectivity index (χ2v) is 7.52. The molecular formula is C23H28N4O3. The van der Waals surface area contributed by atoms with E-state index in [1.165, 1.54) is 0 Å². The minimum atomic E-state index is -0.494. The van der Waals surface area contributed by atoms with Crippen molar-refractivity contribution < 1.29 is 14.4 Å². The lowest BCUT2D eigenvalue weighted by Gasteiger charge is -2.24. The summed E-state index contributed by atoms with van der Waals surface area (Å²) in [6, 6.07) is 11.9. The molecule has 158 valence electrons. The summed E-state index contributed by atoms with van der Waals surface area (Å²) in [6.07, 6.45) is 4.17. The Morgan fingerprint density at radius 1 is 1.13 bits per heavy atom. The molecule has 1 aromatic carbocycles. The van der Waals surface area contributed by atoms with E-state index in [0.29, 0.717) is 32.6 Å². The lowest BCUT2D eigenvalue weighted by Crippen LogP contribution is -2.38. The Labute approximate surface area is 176 Å². The highest BCUT2D eigenvalue weighted by molar-refractivity contribution is 5.85. The van der Waals surface area contributed by atoms with Crippen LogP contribution in [0.25, 0.3) is 11.1 Å². The lowest BCUT2D eigenvalue weighted by atomic mass is 9.91. The lowest BCUT2D eigenvalue weighted by molar-refractivity contribution is -0.135. The number of amides is 3. The summed E-state index contributed by atoms with van der Waals surface area (Å²) in [5.74, 6) is -0.914. The first-order valence-corrected chi connectivity index (χ1v) is 10.3. The van der Waals surface area contributed by atoms with E-state index in [0.717, 1.165) is 16.7 Å². The van der Waals surface area contributed by atoms with Gasteiger partial charge in [-0.25, -0.2) is 0 Å². The van der Waals surface area contributed by atoms with Gasteiger partial charge in [-0.1, -0.05) is 30.3 Å². The molecule has 1 saturated heterocycles. The van der Waals surface area contributed by atoms with E-state index in [1.54, 1.807) is 16.0 Å². The standard InChI is InChI=1S/C23H28N4O3/c1-2-26-12-13-27(22(29)10-9-21(24)28)16-19(23(26)30)14-17-6-3-4-8-20(17)18-7-5-11-25-15-18/h3-8,11,15,19H,2,9-10,12-14,16H2,1H3,(H2,24,28)/t19-/m0/s1. The van der Waals surface area contributed by atoms with Crippen molar-refractivity contribution in [1.82, 2.24) is 14.8 Å². The predicted molar refractivity (Wildman–Crippen MR) is 114 cm³/mol. The molecule has 1 aliphatic heterocycles. The Hall–Kier alpha value is -3.22. The molecule has 3 amide bonds. The molecule has 30 heavy (non-hydrogen) atoms. The topological polar surface area (TPSA) is 96.6 Å². The van der Waals surface area contributed by atoms with Crippen molar-refractivity contribution in [2.24, 2.45) is 11.7 Å². The van der Waals surface area contributed by atoms with Crippen LogP contribution in [0.4, 0.5) is 0 Å². The van der Waals surface area contributed by atoms with Gasteiger partial charge in [-0.2, -0.15) is 0 Å². The number of carbonyl (C=O) groups excluding carboxylic acids is 3. The summed E-state index contributed by atoms with van der Waals surface area (Å²) < 4.78 is 0. The highest BCUT2D eigenvalue weighted by atomic mass is 16.2. The maximum absolute atomic E-state index is 13.2. The van der Waals surface area contributed by atoms with Gasteiger partial charge < -0.3 is 15.5 Å². The molecule has 0 radical (unpaired) electrons. The number of aromatic nitrogens is 1. The molecule has 1 aromatic heterocycles. The van der Waals surface area contributed by atoms with Gasteiger partial charge in [0.15, 0.2) is 0 Å². The van der Waals surface area contributed by atoms with Gasteiger partial charge in [0, 0.05) is 57.0 Å². The van der Waals surface area contributed by atoms with Crippen LogP contribution in [-0.4, -0.2) is 58.7 Å². The molecule has 0 unspecified atom stereocenters. The van der Waals surface area contributed by atoms with Gasteiger partial charge in [0.2, 0.25) is 17.7 Å². The number of carbonyl (C=O) groups is 3. The van der Waals surface area contributed by atoms with Crippen LogP contribution in [0, 0.1) is 5.92 Å². The van der Waals surface area contributed by atoms with E-state index in [4.69, 9.17) is 5.73 Å². The van der Waals surface area contributed by atoms with E-state index in [2.05, 4.69) is 4.98 Å². The Balaban J connectivity index is 1.84. The Kier molecular flexibility index (Phi) is 7.17. The van der Waals surface area contributed by atoms with E-state index in [-0.39, 0.29) is 30.6 Å². The number of hydrogen-bond donors (Lipinski definition) is 1. The SMILES string of the molecule is CCN1CCN(C(=O)CCC(N)=O)C[C@H](Cc2ccccc2-c2cccnc2)C1=O. The first-order chi connectivity index (χ1) is 14.5. The second kappa shape index (κ2) is 10.0. The average molecular weight is 409 g/mol. The van der Waals surface area contributed by atoms with Crippen molar-refractivity contribution in [2.75, 3.05) is 26.2 Å². The molecule has 0 spiro atoms. The highest BCUT2D eigenvalue weighted by Gasteiger charge is 2.32. The van der Waals surface area contributed by atoms with Gasteiger partial charge in [-0.05, 0) is 30.5 Å². The van der Waals surface area contributed by atoms with E-state index >= 15 is 0 Å². The van der Waals surface area contributed by atoms with Gasteiger partial charge in [0.1, 0.15) is 0 Å². The number of rotatable bonds is 7. The minimum Gasteiger partial charge on any atom is -0.370 e. The van der Waals surface area contributed by atoms with E-state index in [9.17, 15) is 14.4 Å². The first-order valence-electron chi connectivity index (χ1n) is 10.3. The minimum absolute atomic E-state index is 0.0231. The summed E-state index contributed by atoms with van der Waals surface area (Å²) in [5, 5.41) is 0.